The number of aliphatic hydroxyl groups excluding tert-OH is 1. The van der Waals surface area contributed by atoms with Crippen LogP contribution in [0, 0.1) is 0 Å². The zero-order chi connectivity index (χ0) is 9.84. The van der Waals surface area contributed by atoms with Gasteiger partial charge in [-0.3, -0.25) is 0 Å². The Morgan fingerprint density at radius 3 is 2.85 bits per heavy atom. The average Bonchev–Trinajstić information content (AvgIpc) is 2.44. The highest BCUT2D eigenvalue weighted by atomic mass is 16.6. The van der Waals surface area contributed by atoms with Crippen LogP contribution in [0.2, 0.25) is 0 Å². The third-order valence-electron chi connectivity index (χ3n) is 1.75. The Kier molecular flexibility index (Phi) is 3.07. The lowest BCUT2D eigenvalue weighted by molar-refractivity contribution is -0.144. The molecule has 1 aliphatic rings. The molecule has 0 saturated carbocycles. The van der Waals surface area contributed by atoms with Gasteiger partial charge in [-0.1, -0.05) is 0 Å². The molecule has 0 aromatic carbocycles. The van der Waals surface area contributed by atoms with E-state index < -0.39 is 18.2 Å². The lowest BCUT2D eigenvalue weighted by atomic mass is 10.3. The van der Waals surface area contributed by atoms with Crippen LogP contribution in [0.15, 0.2) is 0 Å². The minimum atomic E-state index is -1.14. The number of carboxylic acid groups (broad SMARTS) is 1. The summed E-state index contributed by atoms with van der Waals surface area (Å²) in [6.45, 7) is 0.370. The van der Waals surface area contributed by atoms with Crippen LogP contribution in [-0.2, 0) is 9.53 Å². The van der Waals surface area contributed by atoms with Crippen LogP contribution in [0.5, 0.6) is 0 Å². The molecule has 1 fully saturated rings. The van der Waals surface area contributed by atoms with E-state index in [1.54, 1.807) is 0 Å². The molecular formula is C7H11NO5. The number of aliphatic hydroxyl groups is 1. The summed E-state index contributed by atoms with van der Waals surface area (Å²) >= 11 is 0. The summed E-state index contributed by atoms with van der Waals surface area (Å²) in [5, 5.41) is 17.0. The lowest BCUT2D eigenvalue weighted by Crippen LogP contribution is -2.29. The van der Waals surface area contributed by atoms with Crippen molar-refractivity contribution in [2.24, 2.45) is 0 Å². The molecule has 1 aliphatic heterocycles. The maximum atomic E-state index is 11.0. The van der Waals surface area contributed by atoms with E-state index >= 15 is 0 Å². The van der Waals surface area contributed by atoms with Crippen molar-refractivity contribution in [2.75, 3.05) is 19.7 Å². The summed E-state index contributed by atoms with van der Waals surface area (Å²) in [7, 11) is 0. The molecule has 13 heavy (non-hydrogen) atoms. The maximum absolute atomic E-state index is 11.0. The van der Waals surface area contributed by atoms with Gasteiger partial charge in [0.1, 0.15) is 0 Å². The molecule has 1 amide bonds. The molecule has 0 radical (unpaired) electrons. The van der Waals surface area contributed by atoms with Crippen LogP contribution in [-0.4, -0.2) is 53.0 Å². The SMILES string of the molecule is O=C(O)[C@H]1CN(CCCO)C(=O)O1. The number of nitrogens with zero attached hydrogens (tertiary/aromatic N) is 1. The average molecular weight is 189 g/mol. The fourth-order valence-electron chi connectivity index (χ4n) is 1.08. The van der Waals surface area contributed by atoms with Gasteiger partial charge in [-0.05, 0) is 6.42 Å². The lowest BCUT2D eigenvalue weighted by Gasteiger charge is -2.10. The van der Waals surface area contributed by atoms with E-state index in [1.165, 1.54) is 4.90 Å². The summed E-state index contributed by atoms with van der Waals surface area (Å²) in [5.74, 6) is -1.14. The van der Waals surface area contributed by atoms with Gasteiger partial charge < -0.3 is 19.8 Å². The van der Waals surface area contributed by atoms with Crippen molar-refractivity contribution in [3.8, 4) is 0 Å². The van der Waals surface area contributed by atoms with E-state index in [4.69, 9.17) is 10.2 Å². The van der Waals surface area contributed by atoms with Gasteiger partial charge in [0.15, 0.2) is 0 Å². The summed E-state index contributed by atoms with van der Waals surface area (Å²) in [4.78, 5) is 22.6. The van der Waals surface area contributed by atoms with E-state index in [1.807, 2.05) is 0 Å². The Morgan fingerprint density at radius 1 is 1.69 bits per heavy atom. The number of carbonyl (C=O) groups excluding carboxylic acids is 1. The second-order valence-corrected chi connectivity index (χ2v) is 2.73. The second-order valence-electron chi connectivity index (χ2n) is 2.73. The van der Waals surface area contributed by atoms with Crippen LogP contribution in [0.4, 0.5) is 4.79 Å². The zero-order valence-corrected chi connectivity index (χ0v) is 6.97. The zero-order valence-electron chi connectivity index (χ0n) is 6.97. The van der Waals surface area contributed by atoms with Crippen molar-refractivity contribution < 1.29 is 24.5 Å². The van der Waals surface area contributed by atoms with Gasteiger partial charge in [-0.2, -0.15) is 0 Å². The fraction of sp³-hybridized carbons (Fsp3) is 0.714. The van der Waals surface area contributed by atoms with Gasteiger partial charge in [-0.25, -0.2) is 9.59 Å². The Bertz CT molecular complexity index is 217. The molecule has 6 nitrogen and oxygen atoms in total. The van der Waals surface area contributed by atoms with Crippen LogP contribution >= 0.6 is 0 Å². The Labute approximate surface area is 74.7 Å². The van der Waals surface area contributed by atoms with Gasteiger partial charge >= 0.3 is 12.1 Å². The predicted octanol–water partition coefficient (Wildman–Crippen LogP) is -0.726. The van der Waals surface area contributed by atoms with Crippen molar-refractivity contribution in [3.63, 3.8) is 0 Å². The standard InChI is InChI=1S/C7H11NO5/c9-3-1-2-8-4-5(6(10)11)13-7(8)12/h5,9H,1-4H2,(H,10,11)/t5-/m1/s1. The highest BCUT2D eigenvalue weighted by Gasteiger charge is 2.35. The first-order valence-corrected chi connectivity index (χ1v) is 3.94. The Hall–Kier alpha value is -1.30. The first-order valence-electron chi connectivity index (χ1n) is 3.94. The second kappa shape index (κ2) is 4.08. The Morgan fingerprint density at radius 2 is 2.38 bits per heavy atom. The number of ether oxygens (including phenoxy) is 1. The molecule has 0 unspecified atom stereocenters. The molecule has 2 N–H and O–H groups in total. The summed E-state index contributed by atoms with van der Waals surface area (Å²) < 4.78 is 4.54. The van der Waals surface area contributed by atoms with E-state index in [-0.39, 0.29) is 13.2 Å². The molecule has 0 aliphatic carbocycles. The van der Waals surface area contributed by atoms with Gasteiger partial charge in [0.05, 0.1) is 6.54 Å². The molecule has 1 rings (SSSR count). The van der Waals surface area contributed by atoms with Crippen molar-refractivity contribution in [1.82, 2.24) is 4.90 Å². The van der Waals surface area contributed by atoms with Crippen LogP contribution in [0.25, 0.3) is 0 Å². The molecule has 1 heterocycles. The van der Waals surface area contributed by atoms with E-state index in [0.29, 0.717) is 13.0 Å². The third kappa shape index (κ3) is 2.32. The number of amides is 1. The van der Waals surface area contributed by atoms with Crippen LogP contribution in [0.1, 0.15) is 6.42 Å². The van der Waals surface area contributed by atoms with Crippen molar-refractivity contribution >= 4 is 12.1 Å². The first kappa shape index (κ1) is 9.79. The molecule has 1 atom stereocenters. The highest BCUT2D eigenvalue weighted by Crippen LogP contribution is 2.11. The molecule has 74 valence electrons. The number of rotatable bonds is 4. The molecule has 6 heteroatoms. The largest absolute Gasteiger partial charge is 0.478 e. The maximum Gasteiger partial charge on any atom is 0.410 e. The van der Waals surface area contributed by atoms with Crippen molar-refractivity contribution in [3.05, 3.63) is 0 Å². The number of carbonyl (C=O) groups is 2. The monoisotopic (exact) mass is 189 g/mol. The Balaban J connectivity index is 2.42. The predicted molar refractivity (Wildman–Crippen MR) is 41.2 cm³/mol. The van der Waals surface area contributed by atoms with Gasteiger partial charge in [0.2, 0.25) is 6.10 Å². The van der Waals surface area contributed by atoms with Gasteiger partial charge in [0, 0.05) is 13.2 Å². The minimum absolute atomic E-state index is 0.0263. The molecule has 0 aromatic rings. The normalized spacial score (nSPS) is 21.8. The molecule has 1 saturated heterocycles. The quantitative estimate of drug-likeness (QED) is 0.609. The molecule has 0 bridgehead atoms. The number of hydrogen-bond acceptors (Lipinski definition) is 4. The minimum Gasteiger partial charge on any atom is -0.478 e. The first-order chi connectivity index (χ1) is 6.15. The molecule has 0 spiro atoms. The van der Waals surface area contributed by atoms with Crippen LogP contribution < -0.4 is 0 Å². The summed E-state index contributed by atoms with van der Waals surface area (Å²) in [6.07, 6.45) is -1.26. The smallest absolute Gasteiger partial charge is 0.410 e. The third-order valence-corrected chi connectivity index (χ3v) is 1.75. The number of hydrogen-bond donors (Lipinski definition) is 2. The van der Waals surface area contributed by atoms with Gasteiger partial charge in [-0.15, -0.1) is 0 Å². The van der Waals surface area contributed by atoms with Crippen LogP contribution in [0.3, 0.4) is 0 Å². The van der Waals surface area contributed by atoms with Crippen molar-refractivity contribution in [2.45, 2.75) is 12.5 Å². The highest BCUT2D eigenvalue weighted by molar-refractivity contribution is 5.81. The van der Waals surface area contributed by atoms with E-state index in [0.717, 1.165) is 0 Å². The molecule has 0 aromatic heterocycles. The number of carboxylic acids is 1. The van der Waals surface area contributed by atoms with Crippen molar-refractivity contribution in [1.29, 1.82) is 0 Å². The van der Waals surface area contributed by atoms with Gasteiger partial charge in [0.25, 0.3) is 0 Å². The number of aliphatic carboxylic acids is 1. The fourth-order valence-corrected chi connectivity index (χ4v) is 1.08. The summed E-state index contributed by atoms with van der Waals surface area (Å²) in [5.41, 5.74) is 0. The topological polar surface area (TPSA) is 87.1 Å². The summed E-state index contributed by atoms with van der Waals surface area (Å²) in [6, 6.07) is 0. The van der Waals surface area contributed by atoms with E-state index in [2.05, 4.69) is 4.74 Å². The number of cyclic esters (lactones) is 1. The van der Waals surface area contributed by atoms with E-state index in [9.17, 15) is 9.59 Å². The molecular weight excluding hydrogens is 178 g/mol.